The molecular weight excluding hydrogens is 673 g/mol. The summed E-state index contributed by atoms with van der Waals surface area (Å²) in [4.78, 5) is 37.5. The van der Waals surface area contributed by atoms with E-state index in [0.29, 0.717) is 19.3 Å². The van der Waals surface area contributed by atoms with Crippen LogP contribution in [0.15, 0.2) is 36.5 Å². The molecule has 0 N–H and O–H groups in total. The molecule has 6 nitrogen and oxygen atoms in total. The molecule has 0 heterocycles. The molecule has 0 aliphatic heterocycles. The van der Waals surface area contributed by atoms with Crippen molar-refractivity contribution >= 4 is 17.9 Å². The molecular formula is C48H86O6. The molecule has 0 spiro atoms. The quantitative estimate of drug-likeness (QED) is 0.0267. The number of carbonyl (C=O) groups excluding carboxylic acids is 3. The SMILES string of the molecule is CCCCC/C=C\C/C=C\C/C=C\CCCCCCCCC(=O)OCC(COC(=O)CCCCCCC)OC(=O)CCCCCCCCCCCCCC. The van der Waals surface area contributed by atoms with Gasteiger partial charge in [-0.25, -0.2) is 0 Å². The molecule has 0 fully saturated rings. The summed E-state index contributed by atoms with van der Waals surface area (Å²) in [5.41, 5.74) is 0. The van der Waals surface area contributed by atoms with E-state index in [2.05, 4.69) is 57.2 Å². The van der Waals surface area contributed by atoms with Crippen molar-refractivity contribution in [3.63, 3.8) is 0 Å². The molecule has 314 valence electrons. The largest absolute Gasteiger partial charge is 0.462 e. The maximum Gasteiger partial charge on any atom is 0.306 e. The Labute approximate surface area is 334 Å². The van der Waals surface area contributed by atoms with Crippen LogP contribution < -0.4 is 0 Å². The van der Waals surface area contributed by atoms with Crippen LogP contribution in [0.3, 0.4) is 0 Å². The number of hydrogen-bond donors (Lipinski definition) is 0. The zero-order valence-corrected chi connectivity index (χ0v) is 35.7. The minimum Gasteiger partial charge on any atom is -0.462 e. The molecule has 0 bridgehead atoms. The van der Waals surface area contributed by atoms with E-state index in [1.54, 1.807) is 0 Å². The predicted octanol–water partition coefficient (Wildman–Crippen LogP) is 14.6. The number of unbranched alkanes of at least 4 members (excludes halogenated alkanes) is 24. The highest BCUT2D eigenvalue weighted by Gasteiger charge is 2.19. The normalized spacial score (nSPS) is 12.3. The fourth-order valence-corrected chi connectivity index (χ4v) is 6.39. The highest BCUT2D eigenvalue weighted by Crippen LogP contribution is 2.14. The maximum atomic E-state index is 12.6. The van der Waals surface area contributed by atoms with Crippen molar-refractivity contribution in [3.8, 4) is 0 Å². The topological polar surface area (TPSA) is 78.9 Å². The molecule has 0 aromatic rings. The Balaban J connectivity index is 4.20. The van der Waals surface area contributed by atoms with Gasteiger partial charge in [0.25, 0.3) is 0 Å². The minimum atomic E-state index is -0.768. The van der Waals surface area contributed by atoms with Crippen LogP contribution in [0.2, 0.25) is 0 Å². The van der Waals surface area contributed by atoms with E-state index in [-0.39, 0.29) is 31.1 Å². The Bertz CT molecular complexity index is 922. The fourth-order valence-electron chi connectivity index (χ4n) is 6.39. The fraction of sp³-hybridized carbons (Fsp3) is 0.812. The van der Waals surface area contributed by atoms with E-state index in [9.17, 15) is 14.4 Å². The van der Waals surface area contributed by atoms with Gasteiger partial charge in [-0.2, -0.15) is 0 Å². The molecule has 0 aromatic heterocycles. The van der Waals surface area contributed by atoms with Crippen LogP contribution in [0.4, 0.5) is 0 Å². The Hall–Kier alpha value is -2.37. The Morgan fingerprint density at radius 3 is 1.07 bits per heavy atom. The van der Waals surface area contributed by atoms with Crippen molar-refractivity contribution in [1.29, 1.82) is 0 Å². The third-order valence-electron chi connectivity index (χ3n) is 9.90. The van der Waals surface area contributed by atoms with E-state index < -0.39 is 6.10 Å². The first kappa shape index (κ1) is 51.6. The van der Waals surface area contributed by atoms with Crippen molar-refractivity contribution in [2.24, 2.45) is 0 Å². The van der Waals surface area contributed by atoms with Gasteiger partial charge in [0.05, 0.1) is 0 Å². The summed E-state index contributed by atoms with van der Waals surface area (Å²) in [6.45, 7) is 6.51. The molecule has 0 rings (SSSR count). The van der Waals surface area contributed by atoms with E-state index >= 15 is 0 Å². The second-order valence-corrected chi connectivity index (χ2v) is 15.3. The van der Waals surface area contributed by atoms with Crippen molar-refractivity contribution in [1.82, 2.24) is 0 Å². The average molecular weight is 759 g/mol. The number of esters is 3. The van der Waals surface area contributed by atoms with Crippen molar-refractivity contribution in [2.75, 3.05) is 13.2 Å². The molecule has 0 saturated carbocycles. The van der Waals surface area contributed by atoms with Gasteiger partial charge in [-0.05, 0) is 57.8 Å². The number of allylic oxidation sites excluding steroid dienone is 6. The third kappa shape index (κ3) is 40.8. The number of carbonyl (C=O) groups is 3. The molecule has 0 saturated heterocycles. The summed E-state index contributed by atoms with van der Waals surface area (Å²) in [7, 11) is 0. The maximum absolute atomic E-state index is 12.6. The molecule has 1 atom stereocenters. The van der Waals surface area contributed by atoms with Crippen LogP contribution in [-0.4, -0.2) is 37.2 Å². The van der Waals surface area contributed by atoms with Crippen molar-refractivity contribution < 1.29 is 28.6 Å². The lowest BCUT2D eigenvalue weighted by molar-refractivity contribution is -0.167. The molecule has 1 unspecified atom stereocenters. The summed E-state index contributed by atoms with van der Waals surface area (Å²) in [5.74, 6) is -0.899. The van der Waals surface area contributed by atoms with Crippen LogP contribution >= 0.6 is 0 Å². The molecule has 0 aliphatic carbocycles. The molecule has 6 heteroatoms. The molecule has 54 heavy (non-hydrogen) atoms. The summed E-state index contributed by atoms with van der Waals surface area (Å²) in [5, 5.41) is 0. The van der Waals surface area contributed by atoms with Crippen LogP contribution in [0.1, 0.15) is 233 Å². The molecule has 0 aromatic carbocycles. The van der Waals surface area contributed by atoms with Gasteiger partial charge in [-0.1, -0.05) is 192 Å². The number of rotatable bonds is 41. The molecule has 0 radical (unpaired) electrons. The van der Waals surface area contributed by atoms with Gasteiger partial charge in [0.1, 0.15) is 13.2 Å². The first-order chi connectivity index (χ1) is 26.5. The van der Waals surface area contributed by atoms with Gasteiger partial charge >= 0.3 is 17.9 Å². The standard InChI is InChI=1S/C48H86O6/c1-4-7-10-13-15-17-19-21-22-23-24-25-26-27-29-30-32-35-38-41-47(50)53-44-45(43-52-46(49)40-37-34-12-9-6-3)54-48(51)42-39-36-33-31-28-20-18-16-14-11-8-5-2/h15,17,21-22,24-25,45H,4-14,16,18-20,23,26-44H2,1-3H3/b17-15-,22-21-,25-24-. The zero-order chi connectivity index (χ0) is 39.4. The van der Waals surface area contributed by atoms with E-state index in [4.69, 9.17) is 14.2 Å². The summed E-state index contributed by atoms with van der Waals surface area (Å²) in [6.07, 6.45) is 48.7. The number of hydrogen-bond acceptors (Lipinski definition) is 6. The smallest absolute Gasteiger partial charge is 0.306 e. The first-order valence-corrected chi connectivity index (χ1v) is 23.0. The summed E-state index contributed by atoms with van der Waals surface area (Å²) in [6, 6.07) is 0. The Kier molecular flexibility index (Phi) is 41.5. The minimum absolute atomic E-state index is 0.0754. The van der Waals surface area contributed by atoms with Crippen LogP contribution in [0.5, 0.6) is 0 Å². The molecule has 0 amide bonds. The van der Waals surface area contributed by atoms with Crippen LogP contribution in [0.25, 0.3) is 0 Å². The molecule has 0 aliphatic rings. The lowest BCUT2D eigenvalue weighted by Gasteiger charge is -2.18. The van der Waals surface area contributed by atoms with Gasteiger partial charge in [0.2, 0.25) is 0 Å². The highest BCUT2D eigenvalue weighted by atomic mass is 16.6. The number of ether oxygens (including phenoxy) is 3. The van der Waals surface area contributed by atoms with Gasteiger partial charge in [-0.3, -0.25) is 14.4 Å². The Morgan fingerprint density at radius 2 is 0.667 bits per heavy atom. The summed E-state index contributed by atoms with van der Waals surface area (Å²) < 4.78 is 16.6. The monoisotopic (exact) mass is 759 g/mol. The third-order valence-corrected chi connectivity index (χ3v) is 9.90. The highest BCUT2D eigenvalue weighted by molar-refractivity contribution is 5.71. The van der Waals surface area contributed by atoms with Gasteiger partial charge in [0.15, 0.2) is 6.10 Å². The van der Waals surface area contributed by atoms with E-state index in [1.165, 1.54) is 109 Å². The predicted molar refractivity (Wildman–Crippen MR) is 229 cm³/mol. The lowest BCUT2D eigenvalue weighted by atomic mass is 10.0. The second kappa shape index (κ2) is 43.4. The van der Waals surface area contributed by atoms with Gasteiger partial charge in [-0.15, -0.1) is 0 Å². The van der Waals surface area contributed by atoms with Crippen molar-refractivity contribution in [3.05, 3.63) is 36.5 Å². The lowest BCUT2D eigenvalue weighted by Crippen LogP contribution is -2.30. The zero-order valence-electron chi connectivity index (χ0n) is 35.7. The first-order valence-electron chi connectivity index (χ1n) is 23.0. The second-order valence-electron chi connectivity index (χ2n) is 15.3. The Morgan fingerprint density at radius 1 is 0.370 bits per heavy atom. The van der Waals surface area contributed by atoms with Crippen LogP contribution in [0, 0.1) is 0 Å². The van der Waals surface area contributed by atoms with Gasteiger partial charge < -0.3 is 14.2 Å². The van der Waals surface area contributed by atoms with Crippen molar-refractivity contribution in [2.45, 2.75) is 239 Å². The summed E-state index contributed by atoms with van der Waals surface area (Å²) >= 11 is 0. The van der Waals surface area contributed by atoms with Crippen LogP contribution in [-0.2, 0) is 28.6 Å². The van der Waals surface area contributed by atoms with Gasteiger partial charge in [0, 0.05) is 19.3 Å². The average Bonchev–Trinajstić information content (AvgIpc) is 3.17. The van der Waals surface area contributed by atoms with E-state index in [1.807, 2.05) is 0 Å². The van der Waals surface area contributed by atoms with E-state index in [0.717, 1.165) is 83.5 Å².